The highest BCUT2D eigenvalue weighted by molar-refractivity contribution is 5.95. The molecule has 1 aromatic rings. The molecule has 0 heterocycles. The van der Waals surface area contributed by atoms with E-state index < -0.39 is 12.7 Å². The molecule has 1 aromatic carbocycles. The van der Waals surface area contributed by atoms with E-state index in [4.69, 9.17) is 11.1 Å². The summed E-state index contributed by atoms with van der Waals surface area (Å²) in [5.41, 5.74) is 7.19. The molecule has 104 valence electrons. The van der Waals surface area contributed by atoms with Crippen LogP contribution in [0.4, 0.5) is 18.9 Å². The number of halogens is 3. The number of hydrogen-bond acceptors (Lipinski definition) is 2. The van der Waals surface area contributed by atoms with Gasteiger partial charge < -0.3 is 10.6 Å². The first-order valence-corrected chi connectivity index (χ1v) is 6.06. The van der Waals surface area contributed by atoms with E-state index in [2.05, 4.69) is 0 Å². The zero-order valence-corrected chi connectivity index (χ0v) is 10.6. The third kappa shape index (κ3) is 3.39. The SMILES string of the molecule is Cc1cc(C(=N)N)ccc1N(CC(F)(F)F)C1CC1. The predicted octanol–water partition coefficient (Wildman–Crippen LogP) is 2.81. The normalized spacial score (nSPS) is 15.4. The zero-order valence-electron chi connectivity index (χ0n) is 10.6. The first-order chi connectivity index (χ1) is 8.78. The van der Waals surface area contributed by atoms with Gasteiger partial charge in [-0.15, -0.1) is 0 Å². The van der Waals surface area contributed by atoms with Gasteiger partial charge in [-0.3, -0.25) is 5.41 Å². The molecule has 0 radical (unpaired) electrons. The average Bonchev–Trinajstić information content (AvgIpc) is 3.08. The minimum absolute atomic E-state index is 0.0245. The summed E-state index contributed by atoms with van der Waals surface area (Å²) in [6.07, 6.45) is -2.62. The maximum Gasteiger partial charge on any atom is 0.405 e. The largest absolute Gasteiger partial charge is 0.405 e. The lowest BCUT2D eigenvalue weighted by Crippen LogP contribution is -2.36. The molecule has 3 nitrogen and oxygen atoms in total. The topological polar surface area (TPSA) is 53.1 Å². The summed E-state index contributed by atoms with van der Waals surface area (Å²) in [5, 5.41) is 7.33. The highest BCUT2D eigenvalue weighted by atomic mass is 19.4. The number of nitrogen functional groups attached to an aromatic ring is 1. The highest BCUT2D eigenvalue weighted by Gasteiger charge is 2.38. The number of nitrogens with zero attached hydrogens (tertiary/aromatic N) is 1. The Morgan fingerprint density at radius 3 is 2.47 bits per heavy atom. The Morgan fingerprint density at radius 2 is 2.05 bits per heavy atom. The van der Waals surface area contributed by atoms with E-state index in [1.165, 1.54) is 4.90 Å². The van der Waals surface area contributed by atoms with Crippen molar-refractivity contribution in [2.24, 2.45) is 5.73 Å². The molecule has 0 aromatic heterocycles. The molecule has 0 saturated heterocycles. The summed E-state index contributed by atoms with van der Waals surface area (Å²) in [4.78, 5) is 1.40. The van der Waals surface area contributed by atoms with Gasteiger partial charge in [0.25, 0.3) is 0 Å². The number of nitrogens with one attached hydrogen (secondary N) is 1. The molecule has 1 saturated carbocycles. The molecule has 0 bridgehead atoms. The Morgan fingerprint density at radius 1 is 1.42 bits per heavy atom. The fourth-order valence-corrected chi connectivity index (χ4v) is 2.14. The second-order valence-electron chi connectivity index (χ2n) is 4.89. The summed E-state index contributed by atoms with van der Waals surface area (Å²) < 4.78 is 37.9. The van der Waals surface area contributed by atoms with Crippen molar-refractivity contribution >= 4 is 11.5 Å². The Hall–Kier alpha value is -1.72. The Bertz CT molecular complexity index is 492. The van der Waals surface area contributed by atoms with Gasteiger partial charge in [0.05, 0.1) is 0 Å². The van der Waals surface area contributed by atoms with Crippen molar-refractivity contribution in [3.8, 4) is 0 Å². The molecular weight excluding hydrogens is 255 g/mol. The molecule has 1 aliphatic carbocycles. The van der Waals surface area contributed by atoms with E-state index in [-0.39, 0.29) is 11.9 Å². The van der Waals surface area contributed by atoms with E-state index in [1.54, 1.807) is 25.1 Å². The van der Waals surface area contributed by atoms with Gasteiger partial charge in [0.15, 0.2) is 0 Å². The lowest BCUT2D eigenvalue weighted by Gasteiger charge is -2.27. The molecular formula is C13H16F3N3. The van der Waals surface area contributed by atoms with Crippen LogP contribution in [-0.4, -0.2) is 24.6 Å². The van der Waals surface area contributed by atoms with Crippen molar-refractivity contribution in [1.82, 2.24) is 0 Å². The maximum atomic E-state index is 12.6. The van der Waals surface area contributed by atoms with Crippen molar-refractivity contribution in [1.29, 1.82) is 5.41 Å². The Kier molecular flexibility index (Phi) is 3.43. The fourth-order valence-electron chi connectivity index (χ4n) is 2.14. The van der Waals surface area contributed by atoms with Crippen LogP contribution in [0.15, 0.2) is 18.2 Å². The van der Waals surface area contributed by atoms with Crippen molar-refractivity contribution in [2.45, 2.75) is 32.0 Å². The van der Waals surface area contributed by atoms with E-state index >= 15 is 0 Å². The molecule has 0 unspecified atom stereocenters. The summed E-state index contributed by atoms with van der Waals surface area (Å²) in [6.45, 7) is 0.811. The zero-order chi connectivity index (χ0) is 14.2. The van der Waals surface area contributed by atoms with Crippen LogP contribution < -0.4 is 10.6 Å². The van der Waals surface area contributed by atoms with Crippen LogP contribution in [0.2, 0.25) is 0 Å². The third-order valence-electron chi connectivity index (χ3n) is 3.15. The predicted molar refractivity (Wildman–Crippen MR) is 68.6 cm³/mol. The number of amidine groups is 1. The van der Waals surface area contributed by atoms with Crippen LogP contribution in [0, 0.1) is 12.3 Å². The van der Waals surface area contributed by atoms with Crippen LogP contribution in [0.25, 0.3) is 0 Å². The van der Waals surface area contributed by atoms with Crippen LogP contribution in [-0.2, 0) is 0 Å². The molecule has 6 heteroatoms. The molecule has 0 amide bonds. The third-order valence-corrected chi connectivity index (χ3v) is 3.15. The molecule has 3 N–H and O–H groups in total. The number of rotatable bonds is 4. The average molecular weight is 271 g/mol. The van der Waals surface area contributed by atoms with E-state index in [9.17, 15) is 13.2 Å². The van der Waals surface area contributed by atoms with Gasteiger partial charge in [0.2, 0.25) is 0 Å². The van der Waals surface area contributed by atoms with Gasteiger partial charge in [-0.05, 0) is 43.5 Å². The maximum absolute atomic E-state index is 12.6. The van der Waals surface area contributed by atoms with Crippen molar-refractivity contribution in [3.05, 3.63) is 29.3 Å². The van der Waals surface area contributed by atoms with Gasteiger partial charge >= 0.3 is 6.18 Å². The van der Waals surface area contributed by atoms with Crippen LogP contribution >= 0.6 is 0 Å². The molecule has 0 atom stereocenters. The summed E-state index contributed by atoms with van der Waals surface area (Å²) in [5.74, 6) is -0.0801. The number of alkyl halides is 3. The van der Waals surface area contributed by atoms with E-state index in [0.29, 0.717) is 16.8 Å². The van der Waals surface area contributed by atoms with E-state index in [0.717, 1.165) is 12.8 Å². The first kappa shape index (κ1) is 13.7. The number of nitrogens with two attached hydrogens (primary N) is 1. The lowest BCUT2D eigenvalue weighted by atomic mass is 10.1. The minimum Gasteiger partial charge on any atom is -0.384 e. The van der Waals surface area contributed by atoms with Gasteiger partial charge in [0.1, 0.15) is 12.4 Å². The molecule has 2 rings (SSSR count). The monoisotopic (exact) mass is 271 g/mol. The molecule has 0 spiro atoms. The first-order valence-electron chi connectivity index (χ1n) is 6.06. The number of aryl methyl sites for hydroxylation is 1. The number of hydrogen-bond donors (Lipinski definition) is 2. The summed E-state index contributed by atoms with van der Waals surface area (Å²) in [7, 11) is 0. The standard InChI is InChI=1S/C13H16F3N3/c1-8-6-9(12(17)18)2-5-11(8)19(10-3-4-10)7-13(14,15)16/h2,5-6,10H,3-4,7H2,1H3,(H3,17,18). The molecule has 1 aliphatic rings. The van der Waals surface area contributed by atoms with Gasteiger partial charge in [-0.2, -0.15) is 13.2 Å². The quantitative estimate of drug-likeness (QED) is 0.653. The lowest BCUT2D eigenvalue weighted by molar-refractivity contribution is -0.120. The van der Waals surface area contributed by atoms with Crippen LogP contribution in [0.3, 0.4) is 0 Å². The van der Waals surface area contributed by atoms with Gasteiger partial charge in [0, 0.05) is 17.3 Å². The second kappa shape index (κ2) is 4.75. The number of benzene rings is 1. The van der Waals surface area contributed by atoms with Crippen LogP contribution in [0.1, 0.15) is 24.0 Å². The molecule has 19 heavy (non-hydrogen) atoms. The van der Waals surface area contributed by atoms with Crippen molar-refractivity contribution < 1.29 is 13.2 Å². The molecule has 0 aliphatic heterocycles. The smallest absolute Gasteiger partial charge is 0.384 e. The van der Waals surface area contributed by atoms with Crippen molar-refractivity contribution in [3.63, 3.8) is 0 Å². The highest BCUT2D eigenvalue weighted by Crippen LogP contribution is 2.36. The second-order valence-corrected chi connectivity index (χ2v) is 4.89. The Labute approximate surface area is 109 Å². The fraction of sp³-hybridized carbons (Fsp3) is 0.462. The molecule has 1 fully saturated rings. The van der Waals surface area contributed by atoms with Crippen molar-refractivity contribution in [2.75, 3.05) is 11.4 Å². The summed E-state index contributed by atoms with van der Waals surface area (Å²) in [6, 6.07) is 4.85. The van der Waals surface area contributed by atoms with Gasteiger partial charge in [-0.25, -0.2) is 0 Å². The van der Waals surface area contributed by atoms with Crippen LogP contribution in [0.5, 0.6) is 0 Å². The van der Waals surface area contributed by atoms with Gasteiger partial charge in [-0.1, -0.05) is 0 Å². The number of anilines is 1. The van der Waals surface area contributed by atoms with E-state index in [1.807, 2.05) is 0 Å². The Balaban J connectivity index is 2.29. The minimum atomic E-state index is -4.21. The summed E-state index contributed by atoms with van der Waals surface area (Å²) >= 11 is 0.